The van der Waals surface area contributed by atoms with Crippen molar-refractivity contribution < 1.29 is 38.4 Å². The molecule has 21 heavy (non-hydrogen) atoms. The summed E-state index contributed by atoms with van der Waals surface area (Å²) >= 11 is 0. The number of carbonyl (C=O) groups excluding carboxylic acids is 2. The molecule has 0 aromatic rings. The van der Waals surface area contributed by atoms with Crippen molar-refractivity contribution in [2.75, 3.05) is 20.3 Å². The molecule has 0 aliphatic rings. The highest BCUT2D eigenvalue weighted by Gasteiger charge is 2.14. The van der Waals surface area contributed by atoms with Gasteiger partial charge in [0, 0.05) is 6.42 Å². The van der Waals surface area contributed by atoms with E-state index in [0.29, 0.717) is 12.8 Å². The van der Waals surface area contributed by atoms with Gasteiger partial charge >= 0.3 is 18.3 Å². The Kier molecular flexibility index (Phi) is 9.74. The van der Waals surface area contributed by atoms with E-state index in [-0.39, 0.29) is 25.6 Å². The molecule has 2 atom stereocenters. The average molecular weight is 306 g/mol. The zero-order valence-electron chi connectivity index (χ0n) is 12.5. The number of aliphatic carboxylic acids is 1. The first-order valence-corrected chi connectivity index (χ1v) is 6.61. The van der Waals surface area contributed by atoms with E-state index < -0.39 is 24.4 Å². The van der Waals surface area contributed by atoms with Gasteiger partial charge in [0.05, 0.1) is 13.7 Å². The summed E-state index contributed by atoms with van der Waals surface area (Å²) in [5.74, 6) is -0.805. The summed E-state index contributed by atoms with van der Waals surface area (Å²) in [6, 6.07) is 0. The van der Waals surface area contributed by atoms with Gasteiger partial charge in [0.1, 0.15) is 12.7 Å². The number of ether oxygens (including phenoxy) is 4. The van der Waals surface area contributed by atoms with Crippen molar-refractivity contribution >= 4 is 18.3 Å². The smallest absolute Gasteiger partial charge is 0.481 e. The summed E-state index contributed by atoms with van der Waals surface area (Å²) in [5, 5.41) is 8.50. The summed E-state index contributed by atoms with van der Waals surface area (Å²) in [7, 11) is 1.17. The van der Waals surface area contributed by atoms with Gasteiger partial charge in [-0.25, -0.2) is 9.59 Å². The summed E-state index contributed by atoms with van der Waals surface area (Å²) in [6.45, 7) is 3.40. The van der Waals surface area contributed by atoms with Crippen LogP contribution >= 0.6 is 0 Å². The van der Waals surface area contributed by atoms with Gasteiger partial charge in [-0.2, -0.15) is 0 Å². The number of methoxy groups -OCH3 is 1. The molecule has 8 heteroatoms. The van der Waals surface area contributed by atoms with Crippen molar-refractivity contribution in [3.05, 3.63) is 0 Å². The average Bonchev–Trinajstić information content (AvgIpc) is 2.42. The fourth-order valence-corrected chi connectivity index (χ4v) is 1.37. The molecule has 122 valence electrons. The van der Waals surface area contributed by atoms with Crippen LogP contribution in [-0.2, 0) is 23.7 Å². The van der Waals surface area contributed by atoms with Crippen molar-refractivity contribution in [2.24, 2.45) is 5.92 Å². The van der Waals surface area contributed by atoms with Crippen molar-refractivity contribution in [1.82, 2.24) is 0 Å². The second kappa shape index (κ2) is 10.8. The highest BCUT2D eigenvalue weighted by Crippen LogP contribution is 2.09. The lowest BCUT2D eigenvalue weighted by Crippen LogP contribution is -2.24. The Labute approximate surface area is 123 Å². The maximum absolute atomic E-state index is 11.3. The molecule has 0 saturated carbocycles. The van der Waals surface area contributed by atoms with Gasteiger partial charge in [-0.15, -0.1) is 0 Å². The molecule has 0 saturated heterocycles. The molecule has 0 rings (SSSR count). The molecule has 8 nitrogen and oxygen atoms in total. The topological polar surface area (TPSA) is 108 Å². The first-order valence-electron chi connectivity index (χ1n) is 6.61. The Morgan fingerprint density at radius 2 is 1.67 bits per heavy atom. The Morgan fingerprint density at radius 1 is 1.05 bits per heavy atom. The van der Waals surface area contributed by atoms with Crippen LogP contribution in [0.3, 0.4) is 0 Å². The normalized spacial score (nSPS) is 12.9. The lowest BCUT2D eigenvalue weighted by Gasteiger charge is -2.15. The summed E-state index contributed by atoms with van der Waals surface area (Å²) in [6.07, 6.45) is -1.11. The molecule has 0 aliphatic heterocycles. The molecule has 2 unspecified atom stereocenters. The van der Waals surface area contributed by atoms with E-state index in [9.17, 15) is 14.4 Å². The molecule has 0 aliphatic carbocycles. The van der Waals surface area contributed by atoms with Crippen molar-refractivity contribution in [3.8, 4) is 0 Å². The van der Waals surface area contributed by atoms with Gasteiger partial charge < -0.3 is 24.1 Å². The predicted octanol–water partition coefficient (Wildman–Crippen LogP) is 2.20. The summed E-state index contributed by atoms with van der Waals surface area (Å²) in [4.78, 5) is 32.4. The van der Waals surface area contributed by atoms with Crippen LogP contribution in [0.2, 0.25) is 0 Å². The van der Waals surface area contributed by atoms with Crippen LogP contribution in [0, 0.1) is 5.92 Å². The van der Waals surface area contributed by atoms with Crippen LogP contribution in [0.15, 0.2) is 0 Å². The SMILES string of the molecule is COC(=O)OCC(C)OC(=O)OCC(C)CCCC(=O)O. The highest BCUT2D eigenvalue weighted by molar-refractivity contribution is 5.66. The summed E-state index contributed by atoms with van der Waals surface area (Å²) in [5.41, 5.74) is 0. The van der Waals surface area contributed by atoms with Crippen LogP contribution in [0.5, 0.6) is 0 Å². The zero-order chi connectivity index (χ0) is 16.3. The fraction of sp³-hybridized carbons (Fsp3) is 0.769. The van der Waals surface area contributed by atoms with E-state index in [0.717, 1.165) is 0 Å². The molecule has 0 aromatic heterocycles. The summed E-state index contributed by atoms with van der Waals surface area (Å²) < 4.78 is 18.6. The van der Waals surface area contributed by atoms with Gasteiger partial charge in [-0.3, -0.25) is 4.79 Å². The van der Waals surface area contributed by atoms with E-state index in [2.05, 4.69) is 9.47 Å². The second-order valence-corrected chi connectivity index (χ2v) is 4.65. The van der Waals surface area contributed by atoms with Crippen LogP contribution in [-0.4, -0.2) is 49.8 Å². The third-order valence-electron chi connectivity index (χ3n) is 2.47. The molecular weight excluding hydrogens is 284 g/mol. The standard InChI is InChI=1S/C13H22O8/c1-9(5-4-6-11(14)15)7-19-13(17)21-10(2)8-20-12(16)18-3/h9-10H,4-8H2,1-3H3,(H,14,15). The van der Waals surface area contributed by atoms with Crippen LogP contribution in [0.1, 0.15) is 33.1 Å². The van der Waals surface area contributed by atoms with Crippen molar-refractivity contribution in [2.45, 2.75) is 39.2 Å². The molecule has 0 spiro atoms. The molecule has 0 radical (unpaired) electrons. The Hall–Kier alpha value is -1.99. The fourth-order valence-electron chi connectivity index (χ4n) is 1.37. The number of hydrogen-bond donors (Lipinski definition) is 1. The predicted molar refractivity (Wildman–Crippen MR) is 70.9 cm³/mol. The number of rotatable bonds is 9. The van der Waals surface area contributed by atoms with E-state index >= 15 is 0 Å². The van der Waals surface area contributed by atoms with Crippen molar-refractivity contribution in [1.29, 1.82) is 0 Å². The lowest BCUT2D eigenvalue weighted by molar-refractivity contribution is -0.137. The number of carboxylic acids is 1. The quantitative estimate of drug-likeness (QED) is 0.646. The molecule has 0 amide bonds. The van der Waals surface area contributed by atoms with E-state index in [1.165, 1.54) is 7.11 Å². The zero-order valence-corrected chi connectivity index (χ0v) is 12.5. The van der Waals surface area contributed by atoms with E-state index in [1.807, 2.05) is 6.92 Å². The molecule has 1 N–H and O–H groups in total. The minimum Gasteiger partial charge on any atom is -0.481 e. The maximum Gasteiger partial charge on any atom is 0.508 e. The molecular formula is C13H22O8. The van der Waals surface area contributed by atoms with Gasteiger partial charge in [0.2, 0.25) is 0 Å². The number of hydrogen-bond acceptors (Lipinski definition) is 7. The van der Waals surface area contributed by atoms with Gasteiger partial charge in [0.25, 0.3) is 0 Å². The first kappa shape index (κ1) is 19.0. The molecule has 0 fully saturated rings. The Morgan fingerprint density at radius 3 is 2.24 bits per heavy atom. The number of carbonyl (C=O) groups is 3. The maximum atomic E-state index is 11.3. The van der Waals surface area contributed by atoms with Crippen LogP contribution in [0.25, 0.3) is 0 Å². The second-order valence-electron chi connectivity index (χ2n) is 4.65. The van der Waals surface area contributed by atoms with E-state index in [4.69, 9.17) is 14.6 Å². The Bertz CT molecular complexity index is 341. The largest absolute Gasteiger partial charge is 0.508 e. The van der Waals surface area contributed by atoms with Gasteiger partial charge in [-0.1, -0.05) is 6.92 Å². The third kappa shape index (κ3) is 11.5. The van der Waals surface area contributed by atoms with Crippen LogP contribution < -0.4 is 0 Å². The number of carboxylic acid groups (broad SMARTS) is 1. The Balaban J connectivity index is 3.73. The van der Waals surface area contributed by atoms with Gasteiger partial charge in [0.15, 0.2) is 0 Å². The van der Waals surface area contributed by atoms with Crippen LogP contribution in [0.4, 0.5) is 9.59 Å². The molecule has 0 heterocycles. The minimum absolute atomic E-state index is 0.0403. The lowest BCUT2D eigenvalue weighted by atomic mass is 10.1. The first-order chi connectivity index (χ1) is 9.85. The van der Waals surface area contributed by atoms with Crippen molar-refractivity contribution in [3.63, 3.8) is 0 Å². The molecule has 0 bridgehead atoms. The highest BCUT2D eigenvalue weighted by atomic mass is 16.7. The third-order valence-corrected chi connectivity index (χ3v) is 2.47. The van der Waals surface area contributed by atoms with E-state index in [1.54, 1.807) is 6.92 Å². The molecule has 0 aromatic carbocycles. The van der Waals surface area contributed by atoms with Gasteiger partial charge in [-0.05, 0) is 25.7 Å². The monoisotopic (exact) mass is 306 g/mol. The minimum atomic E-state index is -0.860.